The van der Waals surface area contributed by atoms with Gasteiger partial charge in [-0.05, 0) is 42.5 Å². The van der Waals surface area contributed by atoms with Crippen LogP contribution in [0.3, 0.4) is 0 Å². The Morgan fingerprint density at radius 3 is 2.42 bits per heavy atom. The van der Waals surface area contributed by atoms with Gasteiger partial charge in [0, 0.05) is 36.1 Å². The Labute approximate surface area is 190 Å². The first-order chi connectivity index (χ1) is 16.1. The van der Waals surface area contributed by atoms with Crippen molar-refractivity contribution in [1.29, 1.82) is 0 Å². The molecule has 0 saturated carbocycles. The van der Waals surface area contributed by atoms with Gasteiger partial charge in [-0.15, -0.1) is 5.10 Å². The third-order valence-electron chi connectivity index (χ3n) is 5.06. The number of rotatable bonds is 8. The van der Waals surface area contributed by atoms with Gasteiger partial charge in [-0.1, -0.05) is 11.3 Å². The van der Waals surface area contributed by atoms with Crippen LogP contribution in [0.25, 0.3) is 16.9 Å². The van der Waals surface area contributed by atoms with Crippen molar-refractivity contribution in [2.45, 2.75) is 6.54 Å². The fourth-order valence-corrected chi connectivity index (χ4v) is 3.41. The highest BCUT2D eigenvalue weighted by Crippen LogP contribution is 2.27. The Morgan fingerprint density at radius 2 is 1.70 bits per heavy atom. The average molecular weight is 445 g/mol. The minimum atomic E-state index is -0.374. The molecular formula is C24H23N5O4. The summed E-state index contributed by atoms with van der Waals surface area (Å²) in [6.07, 6.45) is 3.31. The highest BCUT2D eigenvalue weighted by atomic mass is 16.5. The summed E-state index contributed by atoms with van der Waals surface area (Å²) in [5.41, 5.74) is 2.96. The quantitative estimate of drug-likeness (QED) is 0.444. The van der Waals surface area contributed by atoms with E-state index in [1.165, 1.54) is 0 Å². The molecule has 0 aliphatic carbocycles. The average Bonchev–Trinajstić information content (AvgIpc) is 3.33. The zero-order valence-electron chi connectivity index (χ0n) is 18.5. The van der Waals surface area contributed by atoms with Crippen LogP contribution in [0.5, 0.6) is 17.2 Å². The van der Waals surface area contributed by atoms with E-state index < -0.39 is 0 Å². The van der Waals surface area contributed by atoms with Gasteiger partial charge >= 0.3 is 0 Å². The second-order valence-electron chi connectivity index (χ2n) is 7.00. The molecule has 0 aliphatic rings. The summed E-state index contributed by atoms with van der Waals surface area (Å²) in [7, 11) is 4.76. The SMILES string of the molecule is COc1cccc(-n2nnc(C(=O)NCc3cc(OC)ccc3OC)c2-c2ccncc2)c1. The Kier molecular flexibility index (Phi) is 6.49. The lowest BCUT2D eigenvalue weighted by atomic mass is 10.1. The number of carbonyl (C=O) groups is 1. The lowest BCUT2D eigenvalue weighted by Crippen LogP contribution is -2.24. The van der Waals surface area contributed by atoms with Crippen molar-refractivity contribution in [2.75, 3.05) is 21.3 Å². The van der Waals surface area contributed by atoms with Crippen LogP contribution in [0.15, 0.2) is 67.0 Å². The van der Waals surface area contributed by atoms with Gasteiger partial charge in [0.2, 0.25) is 0 Å². The number of carbonyl (C=O) groups excluding carboxylic acids is 1. The van der Waals surface area contributed by atoms with Crippen LogP contribution >= 0.6 is 0 Å². The minimum absolute atomic E-state index is 0.186. The normalized spacial score (nSPS) is 10.5. The summed E-state index contributed by atoms with van der Waals surface area (Å²) in [5, 5.41) is 11.4. The van der Waals surface area contributed by atoms with Crippen LogP contribution in [0.1, 0.15) is 16.1 Å². The molecule has 9 nitrogen and oxygen atoms in total. The maximum atomic E-state index is 13.2. The van der Waals surface area contributed by atoms with Crippen LogP contribution in [0.2, 0.25) is 0 Å². The van der Waals surface area contributed by atoms with Crippen LogP contribution in [0, 0.1) is 0 Å². The standard InChI is InChI=1S/C24H23N5O4/c1-31-19-6-4-5-18(14-19)29-23(16-9-11-25-12-10-16)22(27-28-29)24(30)26-15-17-13-20(32-2)7-8-21(17)33-3/h4-14H,15H2,1-3H3,(H,26,30). The molecule has 1 amide bonds. The molecule has 1 N–H and O–H groups in total. The predicted molar refractivity (Wildman–Crippen MR) is 122 cm³/mol. The summed E-state index contributed by atoms with van der Waals surface area (Å²) in [5.74, 6) is 1.60. The topological polar surface area (TPSA) is 100 Å². The molecular weight excluding hydrogens is 422 g/mol. The number of benzene rings is 2. The van der Waals surface area contributed by atoms with Crippen molar-refractivity contribution in [3.05, 3.63) is 78.2 Å². The smallest absolute Gasteiger partial charge is 0.274 e. The fourth-order valence-electron chi connectivity index (χ4n) is 3.41. The van der Waals surface area contributed by atoms with E-state index in [-0.39, 0.29) is 18.1 Å². The van der Waals surface area contributed by atoms with Gasteiger partial charge in [0.1, 0.15) is 22.9 Å². The van der Waals surface area contributed by atoms with Crippen molar-refractivity contribution in [1.82, 2.24) is 25.3 Å². The summed E-state index contributed by atoms with van der Waals surface area (Å²) < 4.78 is 17.6. The van der Waals surface area contributed by atoms with E-state index in [0.29, 0.717) is 28.6 Å². The Balaban J connectivity index is 1.69. The van der Waals surface area contributed by atoms with E-state index in [4.69, 9.17) is 14.2 Å². The van der Waals surface area contributed by atoms with E-state index in [0.717, 1.165) is 11.1 Å². The number of nitrogens with zero attached hydrogens (tertiary/aromatic N) is 4. The maximum absolute atomic E-state index is 13.2. The summed E-state index contributed by atoms with van der Waals surface area (Å²) in [6.45, 7) is 0.223. The molecule has 0 fully saturated rings. The van der Waals surface area contributed by atoms with Gasteiger partial charge < -0.3 is 19.5 Å². The highest BCUT2D eigenvalue weighted by molar-refractivity contribution is 5.98. The molecule has 0 spiro atoms. The number of ether oxygens (including phenoxy) is 3. The molecule has 0 saturated heterocycles. The number of aromatic nitrogens is 4. The van der Waals surface area contributed by atoms with Crippen molar-refractivity contribution >= 4 is 5.91 Å². The first kappa shape index (κ1) is 21.8. The van der Waals surface area contributed by atoms with E-state index >= 15 is 0 Å². The molecule has 4 aromatic rings. The summed E-state index contributed by atoms with van der Waals surface area (Å²) in [4.78, 5) is 17.3. The second kappa shape index (κ2) is 9.82. The zero-order valence-corrected chi connectivity index (χ0v) is 18.5. The number of pyridine rings is 1. The van der Waals surface area contributed by atoms with Crippen molar-refractivity contribution in [3.63, 3.8) is 0 Å². The number of methoxy groups -OCH3 is 3. The largest absolute Gasteiger partial charge is 0.497 e. The zero-order chi connectivity index (χ0) is 23.2. The maximum Gasteiger partial charge on any atom is 0.274 e. The summed E-state index contributed by atoms with van der Waals surface area (Å²) >= 11 is 0. The Hall–Kier alpha value is -4.40. The van der Waals surface area contributed by atoms with Crippen LogP contribution in [0.4, 0.5) is 0 Å². The fraction of sp³-hybridized carbons (Fsp3) is 0.167. The molecule has 2 heterocycles. The number of nitrogens with one attached hydrogen (secondary N) is 1. The van der Waals surface area contributed by atoms with Crippen molar-refractivity contribution in [2.24, 2.45) is 0 Å². The molecule has 0 unspecified atom stereocenters. The highest BCUT2D eigenvalue weighted by Gasteiger charge is 2.22. The predicted octanol–water partition coefficient (Wildman–Crippen LogP) is 3.29. The molecule has 0 atom stereocenters. The molecule has 33 heavy (non-hydrogen) atoms. The number of hydrogen-bond acceptors (Lipinski definition) is 7. The Bertz CT molecular complexity index is 1260. The second-order valence-corrected chi connectivity index (χ2v) is 7.00. The van der Waals surface area contributed by atoms with Crippen molar-refractivity contribution in [3.8, 4) is 34.2 Å². The van der Waals surface area contributed by atoms with Crippen molar-refractivity contribution < 1.29 is 19.0 Å². The van der Waals surface area contributed by atoms with Gasteiger partial charge in [-0.25, -0.2) is 4.68 Å². The van der Waals surface area contributed by atoms with Gasteiger partial charge in [-0.2, -0.15) is 0 Å². The molecule has 0 bridgehead atoms. The van der Waals surface area contributed by atoms with E-state index in [2.05, 4.69) is 20.6 Å². The first-order valence-electron chi connectivity index (χ1n) is 10.1. The molecule has 0 radical (unpaired) electrons. The lowest BCUT2D eigenvalue weighted by Gasteiger charge is -2.12. The van der Waals surface area contributed by atoms with E-state index in [9.17, 15) is 4.79 Å². The molecule has 4 rings (SSSR count). The van der Waals surface area contributed by atoms with Crippen LogP contribution in [-0.2, 0) is 6.54 Å². The van der Waals surface area contributed by atoms with Crippen LogP contribution < -0.4 is 19.5 Å². The molecule has 0 aliphatic heterocycles. The monoisotopic (exact) mass is 445 g/mol. The molecule has 168 valence electrons. The van der Waals surface area contributed by atoms with Gasteiger partial charge in [0.05, 0.1) is 27.0 Å². The van der Waals surface area contributed by atoms with Gasteiger partial charge in [-0.3, -0.25) is 9.78 Å². The molecule has 2 aromatic carbocycles. The lowest BCUT2D eigenvalue weighted by molar-refractivity contribution is 0.0946. The molecule has 9 heteroatoms. The van der Waals surface area contributed by atoms with E-state index in [1.54, 1.807) is 62.7 Å². The van der Waals surface area contributed by atoms with Crippen LogP contribution in [-0.4, -0.2) is 47.2 Å². The third-order valence-corrected chi connectivity index (χ3v) is 5.06. The van der Waals surface area contributed by atoms with Gasteiger partial charge in [0.15, 0.2) is 5.69 Å². The number of hydrogen-bond donors (Lipinski definition) is 1. The Morgan fingerprint density at radius 1 is 0.939 bits per heavy atom. The first-order valence-corrected chi connectivity index (χ1v) is 10.1. The van der Waals surface area contributed by atoms with E-state index in [1.807, 2.05) is 30.3 Å². The third kappa shape index (κ3) is 4.62. The summed E-state index contributed by atoms with van der Waals surface area (Å²) in [6, 6.07) is 16.4. The number of amides is 1. The van der Waals surface area contributed by atoms with Gasteiger partial charge in [0.25, 0.3) is 5.91 Å². The minimum Gasteiger partial charge on any atom is -0.497 e. The molecule has 2 aromatic heterocycles.